The van der Waals surface area contributed by atoms with E-state index in [0.717, 1.165) is 36.3 Å². The van der Waals surface area contributed by atoms with E-state index in [9.17, 15) is 9.59 Å². The van der Waals surface area contributed by atoms with Crippen molar-refractivity contribution < 1.29 is 9.59 Å². The van der Waals surface area contributed by atoms with E-state index in [4.69, 9.17) is 0 Å². The molecule has 0 aliphatic carbocycles. The minimum absolute atomic E-state index is 0.0282. The van der Waals surface area contributed by atoms with Crippen molar-refractivity contribution >= 4 is 33.4 Å². The summed E-state index contributed by atoms with van der Waals surface area (Å²) in [6.07, 6.45) is 2.52. The van der Waals surface area contributed by atoms with Crippen LogP contribution in [0, 0.1) is 0 Å². The first-order chi connectivity index (χ1) is 12.0. The number of nitrogens with zero attached hydrogens (tertiary/aromatic N) is 3. The molecule has 0 bridgehead atoms. The highest BCUT2D eigenvalue weighted by Gasteiger charge is 2.32. The van der Waals surface area contributed by atoms with Crippen molar-refractivity contribution in [1.82, 2.24) is 20.1 Å². The van der Waals surface area contributed by atoms with Crippen LogP contribution in [0.25, 0.3) is 10.2 Å². The van der Waals surface area contributed by atoms with E-state index >= 15 is 0 Å². The molecule has 2 heterocycles. The minimum Gasteiger partial charge on any atom is -0.355 e. The van der Waals surface area contributed by atoms with E-state index < -0.39 is 0 Å². The molecule has 0 saturated carbocycles. The Morgan fingerprint density at radius 2 is 2.16 bits per heavy atom. The standard InChI is InChI=1S/C18H24N4O2S/c1-21(2)18(24)14-7-5-11-22(14)12-16(23)19-10-9-17-20-13-6-3-4-8-15(13)25-17/h3-4,6,8,14H,5,7,9-12H2,1-2H3,(H,19,23). The molecular formula is C18H24N4O2S. The highest BCUT2D eigenvalue weighted by molar-refractivity contribution is 7.18. The van der Waals surface area contributed by atoms with E-state index in [1.54, 1.807) is 30.3 Å². The number of thiazole rings is 1. The van der Waals surface area contributed by atoms with Gasteiger partial charge in [0.15, 0.2) is 0 Å². The van der Waals surface area contributed by atoms with Crippen LogP contribution in [0.4, 0.5) is 0 Å². The third-order valence-corrected chi connectivity index (χ3v) is 5.53. The van der Waals surface area contributed by atoms with E-state index in [0.29, 0.717) is 6.54 Å². The smallest absolute Gasteiger partial charge is 0.239 e. The number of likely N-dealkylation sites (N-methyl/N-ethyl adjacent to an activating group) is 1. The van der Waals surface area contributed by atoms with Crippen LogP contribution < -0.4 is 5.32 Å². The largest absolute Gasteiger partial charge is 0.355 e. The van der Waals surface area contributed by atoms with Gasteiger partial charge in [-0.25, -0.2) is 4.98 Å². The molecule has 1 atom stereocenters. The molecule has 1 saturated heterocycles. The van der Waals surface area contributed by atoms with Gasteiger partial charge in [0.05, 0.1) is 27.8 Å². The number of carbonyl (C=O) groups excluding carboxylic acids is 2. The Balaban J connectivity index is 1.47. The maximum Gasteiger partial charge on any atom is 0.239 e. The SMILES string of the molecule is CN(C)C(=O)C1CCCN1CC(=O)NCCc1nc2ccccc2s1. The molecule has 1 aliphatic heterocycles. The molecule has 0 spiro atoms. The van der Waals surface area contributed by atoms with Crippen molar-refractivity contribution in [2.24, 2.45) is 0 Å². The summed E-state index contributed by atoms with van der Waals surface area (Å²) in [4.78, 5) is 32.5. The fourth-order valence-corrected chi connectivity index (χ4v) is 4.14. The molecule has 25 heavy (non-hydrogen) atoms. The number of rotatable bonds is 6. The Morgan fingerprint density at radius 1 is 1.36 bits per heavy atom. The first kappa shape index (κ1) is 17.8. The number of amides is 2. The Kier molecular flexibility index (Phi) is 5.65. The van der Waals surface area contributed by atoms with Gasteiger partial charge >= 0.3 is 0 Å². The quantitative estimate of drug-likeness (QED) is 0.848. The number of para-hydroxylation sites is 1. The monoisotopic (exact) mass is 360 g/mol. The Bertz CT molecular complexity index is 725. The highest BCUT2D eigenvalue weighted by Crippen LogP contribution is 2.21. The molecule has 1 aliphatic rings. The average molecular weight is 360 g/mol. The van der Waals surface area contributed by atoms with Gasteiger partial charge < -0.3 is 10.2 Å². The third-order valence-electron chi connectivity index (χ3n) is 4.44. The zero-order valence-electron chi connectivity index (χ0n) is 14.7. The molecule has 134 valence electrons. The van der Waals surface area contributed by atoms with Crippen LogP contribution in [0.5, 0.6) is 0 Å². The van der Waals surface area contributed by atoms with Crippen molar-refractivity contribution in [3.05, 3.63) is 29.3 Å². The molecule has 1 unspecified atom stereocenters. The molecule has 6 nitrogen and oxygen atoms in total. The molecule has 1 N–H and O–H groups in total. The van der Waals surface area contributed by atoms with Gasteiger partial charge in [0, 0.05) is 27.1 Å². The van der Waals surface area contributed by atoms with Gasteiger partial charge in [-0.1, -0.05) is 12.1 Å². The van der Waals surface area contributed by atoms with Crippen LogP contribution in [-0.2, 0) is 16.0 Å². The second kappa shape index (κ2) is 7.93. The first-order valence-electron chi connectivity index (χ1n) is 8.61. The molecule has 1 fully saturated rings. The first-order valence-corrected chi connectivity index (χ1v) is 9.42. The Hall–Kier alpha value is -1.99. The van der Waals surface area contributed by atoms with Crippen molar-refractivity contribution in [1.29, 1.82) is 0 Å². The van der Waals surface area contributed by atoms with Crippen LogP contribution in [0.1, 0.15) is 17.8 Å². The second-order valence-corrected chi connectivity index (χ2v) is 7.65. The number of benzene rings is 1. The Morgan fingerprint density at radius 3 is 2.92 bits per heavy atom. The molecular weight excluding hydrogens is 336 g/mol. The van der Waals surface area contributed by atoms with Gasteiger partial charge in [-0.15, -0.1) is 11.3 Å². The molecule has 2 amide bonds. The summed E-state index contributed by atoms with van der Waals surface area (Å²) in [6.45, 7) is 1.65. The predicted molar refractivity (Wildman–Crippen MR) is 99.6 cm³/mol. The zero-order valence-corrected chi connectivity index (χ0v) is 15.5. The van der Waals surface area contributed by atoms with Crippen LogP contribution in [0.15, 0.2) is 24.3 Å². The highest BCUT2D eigenvalue weighted by atomic mass is 32.1. The van der Waals surface area contributed by atoms with Crippen LogP contribution in [0.3, 0.4) is 0 Å². The fraction of sp³-hybridized carbons (Fsp3) is 0.500. The van der Waals surface area contributed by atoms with Crippen LogP contribution in [-0.4, -0.2) is 66.4 Å². The van der Waals surface area contributed by atoms with Gasteiger partial charge in [0.25, 0.3) is 0 Å². The van der Waals surface area contributed by atoms with E-state index in [1.807, 2.05) is 23.1 Å². The maximum atomic E-state index is 12.2. The number of aromatic nitrogens is 1. The number of hydrogen-bond acceptors (Lipinski definition) is 5. The van der Waals surface area contributed by atoms with Gasteiger partial charge in [-0.2, -0.15) is 0 Å². The summed E-state index contributed by atoms with van der Waals surface area (Å²) in [7, 11) is 3.52. The number of fused-ring (bicyclic) bond motifs is 1. The van der Waals surface area contributed by atoms with Crippen LogP contribution in [0.2, 0.25) is 0 Å². The van der Waals surface area contributed by atoms with Crippen molar-refractivity contribution in [2.45, 2.75) is 25.3 Å². The van der Waals surface area contributed by atoms with Crippen molar-refractivity contribution in [2.75, 3.05) is 33.7 Å². The average Bonchev–Trinajstić information content (AvgIpc) is 3.20. The summed E-state index contributed by atoms with van der Waals surface area (Å²) in [5.41, 5.74) is 1.01. The number of nitrogens with one attached hydrogen (secondary N) is 1. The molecule has 3 rings (SSSR count). The lowest BCUT2D eigenvalue weighted by atomic mass is 10.2. The lowest BCUT2D eigenvalue weighted by molar-refractivity contribution is -0.134. The lowest BCUT2D eigenvalue weighted by Crippen LogP contribution is -2.46. The molecule has 1 aromatic heterocycles. The number of carbonyl (C=O) groups is 2. The topological polar surface area (TPSA) is 65.5 Å². The number of hydrogen-bond donors (Lipinski definition) is 1. The predicted octanol–water partition coefficient (Wildman–Crippen LogP) is 1.51. The minimum atomic E-state index is -0.162. The number of likely N-dealkylation sites (tertiary alicyclic amines) is 1. The molecule has 1 aromatic carbocycles. The summed E-state index contributed by atoms with van der Waals surface area (Å²) >= 11 is 1.67. The normalized spacial score (nSPS) is 17.8. The van der Waals surface area contributed by atoms with Gasteiger partial charge in [-0.3, -0.25) is 14.5 Å². The van der Waals surface area contributed by atoms with Gasteiger partial charge in [0.1, 0.15) is 0 Å². The third kappa shape index (κ3) is 4.35. The Labute approximate surface area is 151 Å². The maximum absolute atomic E-state index is 12.2. The molecule has 0 radical (unpaired) electrons. The summed E-state index contributed by atoms with van der Waals surface area (Å²) in [5, 5.41) is 3.98. The van der Waals surface area contributed by atoms with E-state index in [1.165, 1.54) is 4.70 Å². The van der Waals surface area contributed by atoms with E-state index in [-0.39, 0.29) is 24.4 Å². The van der Waals surface area contributed by atoms with Gasteiger partial charge in [0.2, 0.25) is 11.8 Å². The summed E-state index contributed by atoms with van der Waals surface area (Å²) in [5.74, 6) is 0.0549. The lowest BCUT2D eigenvalue weighted by Gasteiger charge is -2.25. The summed E-state index contributed by atoms with van der Waals surface area (Å²) in [6, 6.07) is 7.89. The van der Waals surface area contributed by atoms with Crippen molar-refractivity contribution in [3.8, 4) is 0 Å². The molecule has 7 heteroatoms. The second-order valence-electron chi connectivity index (χ2n) is 6.54. The zero-order chi connectivity index (χ0) is 17.8. The fourth-order valence-electron chi connectivity index (χ4n) is 3.17. The van der Waals surface area contributed by atoms with Crippen LogP contribution >= 0.6 is 11.3 Å². The summed E-state index contributed by atoms with van der Waals surface area (Å²) < 4.78 is 1.17. The molecule has 2 aromatic rings. The van der Waals surface area contributed by atoms with Crippen molar-refractivity contribution in [3.63, 3.8) is 0 Å². The van der Waals surface area contributed by atoms with Gasteiger partial charge in [-0.05, 0) is 31.5 Å². The van der Waals surface area contributed by atoms with E-state index in [2.05, 4.69) is 16.4 Å².